The Morgan fingerprint density at radius 2 is 1.52 bits per heavy atom. The van der Waals surface area contributed by atoms with E-state index in [-0.39, 0.29) is 31.3 Å². The third-order valence-electron chi connectivity index (χ3n) is 4.65. The molecule has 0 aliphatic carbocycles. The monoisotopic (exact) mass is 359 g/mol. The first-order valence-electron chi connectivity index (χ1n) is 8.73. The second-order valence-corrected chi connectivity index (χ2v) is 6.38. The van der Waals surface area contributed by atoms with Crippen LogP contribution < -0.4 is 4.90 Å². The molecular weight excluding hydrogens is 342 g/mol. The van der Waals surface area contributed by atoms with Crippen LogP contribution in [0.4, 0.5) is 5.69 Å². The van der Waals surface area contributed by atoms with E-state index in [4.69, 9.17) is 4.74 Å². The van der Waals surface area contributed by atoms with Gasteiger partial charge in [0.2, 0.25) is 11.8 Å². The Hall–Kier alpha value is -3.47. The Bertz CT molecular complexity index is 1020. The van der Waals surface area contributed by atoms with Gasteiger partial charge in [0.15, 0.2) is 0 Å². The Kier molecular flexibility index (Phi) is 4.42. The van der Waals surface area contributed by atoms with Gasteiger partial charge in [-0.25, -0.2) is 4.79 Å². The lowest BCUT2D eigenvalue weighted by atomic mass is 10.1. The van der Waals surface area contributed by atoms with Crippen LogP contribution in [0, 0.1) is 0 Å². The molecule has 0 spiro atoms. The number of hydrogen-bond donors (Lipinski definition) is 0. The molecule has 2 amide bonds. The van der Waals surface area contributed by atoms with Gasteiger partial charge in [-0.2, -0.15) is 0 Å². The van der Waals surface area contributed by atoms with Crippen LogP contribution in [0.3, 0.4) is 0 Å². The summed E-state index contributed by atoms with van der Waals surface area (Å²) < 4.78 is 5.44. The van der Waals surface area contributed by atoms with Gasteiger partial charge in [-0.05, 0) is 40.6 Å². The van der Waals surface area contributed by atoms with E-state index in [2.05, 4.69) is 0 Å². The first kappa shape index (κ1) is 17.0. The third-order valence-corrected chi connectivity index (χ3v) is 4.65. The average molecular weight is 359 g/mol. The minimum absolute atomic E-state index is 0.172. The predicted octanol–water partition coefficient (Wildman–Crippen LogP) is 3.85. The van der Waals surface area contributed by atoms with Gasteiger partial charge in [-0.15, -0.1) is 0 Å². The van der Waals surface area contributed by atoms with Crippen molar-refractivity contribution in [2.24, 2.45) is 0 Å². The SMILES string of the molecule is O=C(OCc1cccc2ccccc12)c1ccc(N2C(=O)CCC2=O)cc1. The summed E-state index contributed by atoms with van der Waals surface area (Å²) in [5.41, 5.74) is 1.79. The summed E-state index contributed by atoms with van der Waals surface area (Å²) in [5.74, 6) is -0.883. The molecular formula is C22H17NO4. The van der Waals surface area contributed by atoms with Crippen LogP contribution in [0.1, 0.15) is 28.8 Å². The van der Waals surface area contributed by atoms with Gasteiger partial charge in [0.05, 0.1) is 11.3 Å². The van der Waals surface area contributed by atoms with Crippen molar-refractivity contribution in [3.63, 3.8) is 0 Å². The van der Waals surface area contributed by atoms with Crippen LogP contribution in [0.25, 0.3) is 10.8 Å². The summed E-state index contributed by atoms with van der Waals surface area (Å²) >= 11 is 0. The number of amides is 2. The van der Waals surface area contributed by atoms with Crippen molar-refractivity contribution in [3.8, 4) is 0 Å². The van der Waals surface area contributed by atoms with Gasteiger partial charge in [-0.1, -0.05) is 42.5 Å². The van der Waals surface area contributed by atoms with Crippen LogP contribution in [-0.2, 0) is 20.9 Å². The van der Waals surface area contributed by atoms with E-state index in [0.29, 0.717) is 11.3 Å². The zero-order valence-corrected chi connectivity index (χ0v) is 14.6. The summed E-state index contributed by atoms with van der Waals surface area (Å²) in [5, 5.41) is 2.14. The molecule has 134 valence electrons. The first-order chi connectivity index (χ1) is 13.1. The molecule has 4 rings (SSSR count). The fourth-order valence-electron chi connectivity index (χ4n) is 3.26. The number of fused-ring (bicyclic) bond motifs is 1. The zero-order chi connectivity index (χ0) is 18.8. The first-order valence-corrected chi connectivity index (χ1v) is 8.73. The second kappa shape index (κ2) is 7.03. The number of carbonyl (C=O) groups is 3. The van der Waals surface area contributed by atoms with Crippen molar-refractivity contribution in [1.29, 1.82) is 0 Å². The van der Waals surface area contributed by atoms with Crippen LogP contribution in [0.2, 0.25) is 0 Å². The molecule has 1 aliphatic rings. The van der Waals surface area contributed by atoms with Crippen LogP contribution in [-0.4, -0.2) is 17.8 Å². The largest absolute Gasteiger partial charge is 0.457 e. The molecule has 0 bridgehead atoms. The molecule has 5 nitrogen and oxygen atoms in total. The normalized spacial score (nSPS) is 14.0. The van der Waals surface area contributed by atoms with Crippen LogP contribution in [0.5, 0.6) is 0 Å². The number of anilines is 1. The molecule has 3 aromatic carbocycles. The van der Waals surface area contributed by atoms with Crippen molar-refractivity contribution in [3.05, 3.63) is 77.9 Å². The van der Waals surface area contributed by atoms with E-state index in [1.54, 1.807) is 24.3 Å². The molecule has 27 heavy (non-hydrogen) atoms. The van der Waals surface area contributed by atoms with E-state index < -0.39 is 5.97 Å². The maximum absolute atomic E-state index is 12.3. The van der Waals surface area contributed by atoms with Crippen molar-refractivity contribution in [2.75, 3.05) is 4.90 Å². The lowest BCUT2D eigenvalue weighted by Crippen LogP contribution is -2.28. The van der Waals surface area contributed by atoms with E-state index in [0.717, 1.165) is 21.2 Å². The Morgan fingerprint density at radius 3 is 2.26 bits per heavy atom. The van der Waals surface area contributed by atoms with Crippen LogP contribution in [0.15, 0.2) is 66.7 Å². The van der Waals surface area contributed by atoms with E-state index in [9.17, 15) is 14.4 Å². The molecule has 0 saturated carbocycles. The molecule has 1 saturated heterocycles. The number of benzene rings is 3. The molecule has 1 aliphatic heterocycles. The molecule has 1 fully saturated rings. The maximum atomic E-state index is 12.3. The van der Waals surface area contributed by atoms with E-state index >= 15 is 0 Å². The van der Waals surface area contributed by atoms with Crippen molar-refractivity contribution in [1.82, 2.24) is 0 Å². The van der Waals surface area contributed by atoms with Gasteiger partial charge in [-0.3, -0.25) is 14.5 Å². The summed E-state index contributed by atoms with van der Waals surface area (Å²) in [6.07, 6.45) is 0.460. The third kappa shape index (κ3) is 3.31. The van der Waals surface area contributed by atoms with E-state index in [1.807, 2.05) is 42.5 Å². The summed E-state index contributed by atoms with van der Waals surface area (Å²) in [6, 6.07) is 20.1. The Labute approximate surface area is 156 Å². The molecule has 3 aromatic rings. The smallest absolute Gasteiger partial charge is 0.338 e. The molecule has 0 radical (unpaired) electrons. The number of ether oxygens (including phenoxy) is 1. The van der Waals surface area contributed by atoms with Crippen molar-refractivity contribution >= 4 is 34.2 Å². The van der Waals surface area contributed by atoms with Crippen molar-refractivity contribution < 1.29 is 19.1 Å². The number of hydrogen-bond acceptors (Lipinski definition) is 4. The van der Waals surface area contributed by atoms with Gasteiger partial charge in [0.25, 0.3) is 0 Å². The lowest BCUT2D eigenvalue weighted by molar-refractivity contribution is -0.121. The highest BCUT2D eigenvalue weighted by Gasteiger charge is 2.30. The molecule has 0 aromatic heterocycles. The maximum Gasteiger partial charge on any atom is 0.338 e. The average Bonchev–Trinajstić information content (AvgIpc) is 3.04. The highest BCUT2D eigenvalue weighted by atomic mass is 16.5. The Balaban J connectivity index is 1.47. The van der Waals surface area contributed by atoms with Gasteiger partial charge >= 0.3 is 5.97 Å². The highest BCUT2D eigenvalue weighted by Crippen LogP contribution is 2.23. The second-order valence-electron chi connectivity index (χ2n) is 6.38. The molecule has 1 heterocycles. The molecule has 0 unspecified atom stereocenters. The van der Waals surface area contributed by atoms with Crippen molar-refractivity contribution in [2.45, 2.75) is 19.4 Å². The summed E-state index contributed by atoms with van der Waals surface area (Å²) in [7, 11) is 0. The fourth-order valence-corrected chi connectivity index (χ4v) is 3.26. The predicted molar refractivity (Wildman–Crippen MR) is 101 cm³/mol. The van der Waals surface area contributed by atoms with E-state index in [1.165, 1.54) is 0 Å². The zero-order valence-electron chi connectivity index (χ0n) is 14.6. The minimum atomic E-state index is -0.450. The molecule has 0 N–H and O–H groups in total. The minimum Gasteiger partial charge on any atom is -0.457 e. The molecule has 0 atom stereocenters. The standard InChI is InChI=1S/C22H17NO4/c24-20-12-13-21(25)23(20)18-10-8-16(9-11-18)22(26)27-14-17-6-3-5-15-4-1-2-7-19(15)17/h1-11H,12-14H2. The lowest BCUT2D eigenvalue weighted by Gasteiger charge is -2.14. The summed E-state index contributed by atoms with van der Waals surface area (Å²) in [6.45, 7) is 0.172. The molecule has 5 heteroatoms. The fraction of sp³-hybridized carbons (Fsp3) is 0.136. The van der Waals surface area contributed by atoms with Gasteiger partial charge < -0.3 is 4.74 Å². The highest BCUT2D eigenvalue weighted by molar-refractivity contribution is 6.19. The number of esters is 1. The topological polar surface area (TPSA) is 63.7 Å². The van der Waals surface area contributed by atoms with Gasteiger partial charge in [0.1, 0.15) is 6.61 Å². The summed E-state index contributed by atoms with van der Waals surface area (Å²) in [4.78, 5) is 37.1. The number of carbonyl (C=O) groups excluding carboxylic acids is 3. The van der Waals surface area contributed by atoms with Crippen LogP contribution >= 0.6 is 0 Å². The number of rotatable bonds is 4. The number of imide groups is 1. The number of nitrogens with zero attached hydrogens (tertiary/aromatic N) is 1. The van der Waals surface area contributed by atoms with Gasteiger partial charge in [0, 0.05) is 12.8 Å². The quantitative estimate of drug-likeness (QED) is 0.524. The Morgan fingerprint density at radius 1 is 0.852 bits per heavy atom.